The van der Waals surface area contributed by atoms with Gasteiger partial charge in [-0.05, 0) is 54.3 Å². The van der Waals surface area contributed by atoms with Gasteiger partial charge in [0.1, 0.15) is 5.01 Å². The van der Waals surface area contributed by atoms with Crippen molar-refractivity contribution < 1.29 is 14.7 Å². The number of carboxylic acids is 1. The van der Waals surface area contributed by atoms with Crippen LogP contribution in [0.4, 0.5) is 5.69 Å². The fourth-order valence-electron chi connectivity index (χ4n) is 3.36. The first-order valence-electron chi connectivity index (χ1n) is 9.92. The van der Waals surface area contributed by atoms with Gasteiger partial charge in [0.25, 0.3) is 0 Å². The molecule has 1 amide bonds. The average molecular weight is 419 g/mol. The Hall–Kier alpha value is -3.25. The quantitative estimate of drug-likeness (QED) is 0.534. The number of rotatable bonds is 7. The molecular formula is C24H22N2O3S. The first kappa shape index (κ1) is 20.0. The number of carboxylic acid groups (broad SMARTS) is 1. The van der Waals surface area contributed by atoms with Gasteiger partial charge < -0.3 is 10.4 Å². The molecule has 1 aromatic heterocycles. The highest BCUT2D eigenvalue weighted by Crippen LogP contribution is 2.36. The number of benzene rings is 2. The zero-order valence-corrected chi connectivity index (χ0v) is 17.2. The van der Waals surface area contributed by atoms with Crippen molar-refractivity contribution in [3.05, 3.63) is 81.3 Å². The predicted octanol–water partition coefficient (Wildman–Crippen LogP) is 5.46. The minimum Gasteiger partial charge on any atom is -0.478 e. The molecule has 5 nitrogen and oxygen atoms in total. The van der Waals surface area contributed by atoms with E-state index in [4.69, 9.17) is 10.1 Å². The van der Waals surface area contributed by atoms with Gasteiger partial charge in [-0.25, -0.2) is 9.78 Å². The minimum atomic E-state index is -1.00. The number of hydrogen-bond acceptors (Lipinski definition) is 4. The van der Waals surface area contributed by atoms with E-state index in [1.165, 1.54) is 37.1 Å². The van der Waals surface area contributed by atoms with Crippen LogP contribution in [0.5, 0.6) is 0 Å². The third kappa shape index (κ3) is 5.02. The van der Waals surface area contributed by atoms with Gasteiger partial charge in [-0.1, -0.05) is 36.8 Å². The number of aromatic carboxylic acids is 1. The number of carbonyl (C=O) groups excluding carboxylic acids is 1. The topological polar surface area (TPSA) is 79.3 Å². The number of thiazole rings is 1. The molecule has 2 aromatic carbocycles. The summed E-state index contributed by atoms with van der Waals surface area (Å²) in [6.45, 7) is 0. The van der Waals surface area contributed by atoms with E-state index < -0.39 is 5.97 Å². The van der Waals surface area contributed by atoms with Crippen LogP contribution in [0.1, 0.15) is 57.4 Å². The van der Waals surface area contributed by atoms with E-state index in [1.54, 1.807) is 23.5 Å². The number of nitrogens with one attached hydrogen (secondary N) is 1. The highest BCUT2D eigenvalue weighted by Gasteiger charge is 2.21. The van der Waals surface area contributed by atoms with Gasteiger partial charge in [-0.2, -0.15) is 0 Å². The van der Waals surface area contributed by atoms with Crippen molar-refractivity contribution in [1.29, 1.82) is 0 Å². The molecule has 1 fully saturated rings. The van der Waals surface area contributed by atoms with Crippen LogP contribution in [0, 0.1) is 0 Å². The average Bonchev–Trinajstić information content (AvgIpc) is 3.13. The number of amides is 1. The molecule has 0 radical (unpaired) electrons. The van der Waals surface area contributed by atoms with E-state index in [0.29, 0.717) is 17.2 Å². The predicted molar refractivity (Wildman–Crippen MR) is 120 cm³/mol. The van der Waals surface area contributed by atoms with Crippen LogP contribution in [-0.4, -0.2) is 22.0 Å². The Labute approximate surface area is 179 Å². The van der Waals surface area contributed by atoms with Crippen molar-refractivity contribution in [2.45, 2.75) is 31.6 Å². The van der Waals surface area contributed by atoms with Crippen molar-refractivity contribution in [3.63, 3.8) is 0 Å². The second-order valence-corrected chi connectivity index (χ2v) is 8.32. The molecule has 0 unspecified atom stereocenters. The Balaban J connectivity index is 1.38. The van der Waals surface area contributed by atoms with Crippen LogP contribution in [0.25, 0.3) is 12.2 Å². The molecule has 152 valence electrons. The van der Waals surface area contributed by atoms with Crippen LogP contribution in [0.15, 0.2) is 53.9 Å². The van der Waals surface area contributed by atoms with E-state index >= 15 is 0 Å². The Morgan fingerprint density at radius 1 is 1.13 bits per heavy atom. The summed E-state index contributed by atoms with van der Waals surface area (Å²) in [7, 11) is 0. The SMILES string of the molecule is O=C(Cc1cccc(C(=O)O)c1)Nc1cccc(C=Cc2nc(C3CCC3)cs2)c1. The highest BCUT2D eigenvalue weighted by molar-refractivity contribution is 7.10. The minimum absolute atomic E-state index is 0.115. The summed E-state index contributed by atoms with van der Waals surface area (Å²) in [5.41, 5.74) is 3.72. The van der Waals surface area contributed by atoms with Crippen molar-refractivity contribution in [1.82, 2.24) is 4.98 Å². The molecule has 0 spiro atoms. The molecule has 1 aliphatic carbocycles. The summed E-state index contributed by atoms with van der Waals surface area (Å²) in [5.74, 6) is -0.557. The van der Waals surface area contributed by atoms with Crippen molar-refractivity contribution in [2.24, 2.45) is 0 Å². The third-order valence-corrected chi connectivity index (χ3v) is 6.02. The van der Waals surface area contributed by atoms with Crippen LogP contribution >= 0.6 is 11.3 Å². The van der Waals surface area contributed by atoms with E-state index in [-0.39, 0.29) is 17.9 Å². The summed E-state index contributed by atoms with van der Waals surface area (Å²) < 4.78 is 0. The molecule has 30 heavy (non-hydrogen) atoms. The summed E-state index contributed by atoms with van der Waals surface area (Å²) in [5, 5.41) is 15.1. The standard InChI is InChI=1S/C24H22N2O3S/c27-22(14-17-5-1-8-19(12-17)24(28)29)25-20-9-2-4-16(13-20)10-11-23-26-21(15-30-23)18-6-3-7-18/h1-2,4-5,8-13,15,18H,3,6-7,14H2,(H,25,27)(H,28,29). The molecule has 2 N–H and O–H groups in total. The van der Waals surface area contributed by atoms with Crippen molar-refractivity contribution >= 4 is 41.1 Å². The summed E-state index contributed by atoms with van der Waals surface area (Å²) in [6, 6.07) is 14.0. The second-order valence-electron chi connectivity index (χ2n) is 7.43. The lowest BCUT2D eigenvalue weighted by molar-refractivity contribution is -0.115. The van der Waals surface area contributed by atoms with Crippen molar-refractivity contribution in [2.75, 3.05) is 5.32 Å². The zero-order valence-electron chi connectivity index (χ0n) is 16.4. The van der Waals surface area contributed by atoms with Gasteiger partial charge in [0.2, 0.25) is 5.91 Å². The normalized spacial score (nSPS) is 13.9. The lowest BCUT2D eigenvalue weighted by Gasteiger charge is -2.22. The number of nitrogens with zero attached hydrogens (tertiary/aromatic N) is 1. The molecule has 0 atom stereocenters. The number of carbonyl (C=O) groups is 2. The van der Waals surface area contributed by atoms with Gasteiger partial charge in [0, 0.05) is 17.0 Å². The van der Waals surface area contributed by atoms with Gasteiger partial charge >= 0.3 is 5.97 Å². The maximum Gasteiger partial charge on any atom is 0.335 e. The van der Waals surface area contributed by atoms with Crippen LogP contribution in [0.3, 0.4) is 0 Å². The van der Waals surface area contributed by atoms with Gasteiger partial charge in [0.15, 0.2) is 0 Å². The fraction of sp³-hybridized carbons (Fsp3) is 0.208. The molecule has 1 heterocycles. The summed E-state index contributed by atoms with van der Waals surface area (Å²) in [6.07, 6.45) is 7.91. The first-order chi connectivity index (χ1) is 14.6. The lowest BCUT2D eigenvalue weighted by Crippen LogP contribution is -2.14. The lowest BCUT2D eigenvalue weighted by atomic mass is 9.83. The molecule has 0 aliphatic heterocycles. The zero-order chi connectivity index (χ0) is 20.9. The maximum absolute atomic E-state index is 12.4. The molecular weight excluding hydrogens is 396 g/mol. The highest BCUT2D eigenvalue weighted by atomic mass is 32.1. The monoisotopic (exact) mass is 418 g/mol. The number of hydrogen-bond donors (Lipinski definition) is 2. The first-order valence-corrected chi connectivity index (χ1v) is 10.8. The molecule has 1 saturated carbocycles. The molecule has 0 bridgehead atoms. The second kappa shape index (κ2) is 9.05. The molecule has 6 heteroatoms. The molecule has 4 rings (SSSR count). The van der Waals surface area contributed by atoms with Crippen LogP contribution in [-0.2, 0) is 11.2 Å². The van der Waals surface area contributed by atoms with E-state index in [1.807, 2.05) is 36.4 Å². The van der Waals surface area contributed by atoms with Gasteiger partial charge in [0.05, 0.1) is 17.7 Å². The summed E-state index contributed by atoms with van der Waals surface area (Å²) in [4.78, 5) is 28.1. The molecule has 1 aliphatic rings. The Kier molecular flexibility index (Phi) is 6.05. The van der Waals surface area contributed by atoms with E-state index in [0.717, 1.165) is 10.6 Å². The summed E-state index contributed by atoms with van der Waals surface area (Å²) >= 11 is 1.66. The third-order valence-electron chi connectivity index (χ3n) is 5.19. The largest absolute Gasteiger partial charge is 0.478 e. The van der Waals surface area contributed by atoms with Crippen LogP contribution < -0.4 is 5.32 Å². The Bertz CT molecular complexity index is 1100. The van der Waals surface area contributed by atoms with Crippen molar-refractivity contribution in [3.8, 4) is 0 Å². The molecule has 0 saturated heterocycles. The maximum atomic E-state index is 12.4. The van der Waals surface area contributed by atoms with Gasteiger partial charge in [-0.15, -0.1) is 11.3 Å². The number of anilines is 1. The smallest absolute Gasteiger partial charge is 0.335 e. The Morgan fingerprint density at radius 3 is 2.73 bits per heavy atom. The van der Waals surface area contributed by atoms with Crippen LogP contribution in [0.2, 0.25) is 0 Å². The molecule has 3 aromatic rings. The van der Waals surface area contributed by atoms with E-state index in [9.17, 15) is 9.59 Å². The number of aromatic nitrogens is 1. The fourth-order valence-corrected chi connectivity index (χ4v) is 4.15. The van der Waals surface area contributed by atoms with E-state index in [2.05, 4.69) is 10.7 Å². The Morgan fingerprint density at radius 2 is 1.97 bits per heavy atom. The van der Waals surface area contributed by atoms with Gasteiger partial charge in [-0.3, -0.25) is 4.79 Å².